The van der Waals surface area contributed by atoms with Crippen LogP contribution in [0.2, 0.25) is 10.0 Å². The summed E-state index contributed by atoms with van der Waals surface area (Å²) in [5.41, 5.74) is 8.70. The lowest BCUT2D eigenvalue weighted by atomic mass is 9.99. The third kappa shape index (κ3) is 4.39. The molecule has 0 bridgehead atoms. The number of ether oxygens (including phenoxy) is 1. The number of nitrogens with zero attached hydrogens (tertiary/aromatic N) is 2. The van der Waals surface area contributed by atoms with E-state index in [1.54, 1.807) is 25.6 Å². The van der Waals surface area contributed by atoms with E-state index in [0.29, 0.717) is 16.6 Å². The van der Waals surface area contributed by atoms with Crippen LogP contribution in [0.1, 0.15) is 16.7 Å². The Bertz CT molecular complexity index is 1060. The fraction of sp³-hybridized carbons (Fsp3) is 0.0870. The monoisotopic (exact) mass is 423 g/mol. The summed E-state index contributed by atoms with van der Waals surface area (Å²) >= 11 is 12.4. The van der Waals surface area contributed by atoms with E-state index in [2.05, 4.69) is 16.5 Å². The molecule has 0 fully saturated rings. The Morgan fingerprint density at radius 3 is 2.41 bits per heavy atom. The number of halogens is 2. The average Bonchev–Trinajstić information content (AvgIpc) is 2.76. The fourth-order valence-electron chi connectivity index (χ4n) is 3.16. The Hall–Kier alpha value is -2.95. The number of allylic oxidation sites excluding steroid dienone is 2. The molecule has 4 rings (SSSR count). The molecule has 0 atom stereocenters. The van der Waals surface area contributed by atoms with Crippen LogP contribution in [-0.2, 0) is 6.54 Å². The maximum Gasteiger partial charge on any atom is 0.118 e. The Labute approximate surface area is 180 Å². The summed E-state index contributed by atoms with van der Waals surface area (Å²) in [4.78, 5) is 4.13. The summed E-state index contributed by atoms with van der Waals surface area (Å²) in [6, 6.07) is 17.5. The van der Waals surface area contributed by atoms with Gasteiger partial charge in [-0.05, 0) is 65.7 Å². The Balaban J connectivity index is 1.68. The van der Waals surface area contributed by atoms with Crippen molar-refractivity contribution >= 4 is 34.5 Å². The van der Waals surface area contributed by atoms with Crippen LogP contribution in [0.3, 0.4) is 0 Å². The molecule has 0 unspecified atom stereocenters. The van der Waals surface area contributed by atoms with E-state index in [9.17, 15) is 0 Å². The van der Waals surface area contributed by atoms with Gasteiger partial charge in [-0.1, -0.05) is 29.3 Å². The number of benzene rings is 2. The van der Waals surface area contributed by atoms with Crippen LogP contribution in [0.5, 0.6) is 5.75 Å². The van der Waals surface area contributed by atoms with Crippen LogP contribution >= 0.6 is 23.2 Å². The molecule has 2 heterocycles. The Morgan fingerprint density at radius 1 is 0.966 bits per heavy atom. The standard InChI is InChI=1S/C23H19Cl2N3O/c1-29-20-6-3-17(4-7-20)23-21(16-8-11-26-12-9-16)10-13-28(27-23)15-18-2-5-19(24)14-22(18)25/h2-14,27H,15H2,1H3. The smallest absolute Gasteiger partial charge is 0.118 e. The second-order valence-corrected chi connectivity index (χ2v) is 7.39. The number of nitrogens with one attached hydrogen (secondary N) is 1. The summed E-state index contributed by atoms with van der Waals surface area (Å²) in [5, 5.41) is 3.27. The zero-order valence-corrected chi connectivity index (χ0v) is 17.3. The molecule has 4 nitrogen and oxygen atoms in total. The lowest BCUT2D eigenvalue weighted by molar-refractivity contribution is 0.314. The molecule has 146 valence electrons. The van der Waals surface area contributed by atoms with Gasteiger partial charge in [0.15, 0.2) is 0 Å². The van der Waals surface area contributed by atoms with Crippen LogP contribution in [0.4, 0.5) is 0 Å². The first-order valence-electron chi connectivity index (χ1n) is 9.08. The fourth-order valence-corrected chi connectivity index (χ4v) is 3.63. The van der Waals surface area contributed by atoms with Crippen molar-refractivity contribution in [2.75, 3.05) is 7.11 Å². The molecule has 3 aromatic rings. The molecular weight excluding hydrogens is 405 g/mol. The highest BCUT2D eigenvalue weighted by Gasteiger charge is 2.17. The highest BCUT2D eigenvalue weighted by Crippen LogP contribution is 2.31. The molecule has 0 aliphatic carbocycles. The van der Waals surface area contributed by atoms with Gasteiger partial charge in [0.05, 0.1) is 19.4 Å². The van der Waals surface area contributed by atoms with Gasteiger partial charge in [0.25, 0.3) is 0 Å². The third-order valence-corrected chi connectivity index (χ3v) is 5.26. The first kappa shape index (κ1) is 19.4. The number of rotatable bonds is 5. The molecule has 0 saturated carbocycles. The van der Waals surface area contributed by atoms with Gasteiger partial charge in [0.2, 0.25) is 0 Å². The van der Waals surface area contributed by atoms with Gasteiger partial charge < -0.3 is 4.74 Å². The van der Waals surface area contributed by atoms with Crippen molar-refractivity contribution in [3.05, 3.63) is 106 Å². The number of hydrogen-bond acceptors (Lipinski definition) is 4. The van der Waals surface area contributed by atoms with Gasteiger partial charge in [-0.2, -0.15) is 0 Å². The maximum absolute atomic E-state index is 6.36. The van der Waals surface area contributed by atoms with Gasteiger partial charge in [0, 0.05) is 39.8 Å². The van der Waals surface area contributed by atoms with Crippen molar-refractivity contribution in [1.29, 1.82) is 0 Å². The molecule has 0 radical (unpaired) electrons. The topological polar surface area (TPSA) is 37.4 Å². The number of hydrazine groups is 1. The van der Waals surface area contributed by atoms with E-state index >= 15 is 0 Å². The van der Waals surface area contributed by atoms with Crippen LogP contribution in [0, 0.1) is 0 Å². The van der Waals surface area contributed by atoms with Crippen LogP contribution in [0.15, 0.2) is 79.3 Å². The minimum Gasteiger partial charge on any atom is -0.497 e. The molecule has 1 aromatic heterocycles. The van der Waals surface area contributed by atoms with Gasteiger partial charge >= 0.3 is 0 Å². The second-order valence-electron chi connectivity index (χ2n) is 6.54. The third-order valence-electron chi connectivity index (χ3n) is 4.67. The van der Waals surface area contributed by atoms with E-state index in [1.807, 2.05) is 59.7 Å². The summed E-state index contributed by atoms with van der Waals surface area (Å²) in [6.07, 6.45) is 7.69. The molecule has 0 spiro atoms. The zero-order valence-electron chi connectivity index (χ0n) is 15.8. The first-order chi connectivity index (χ1) is 14.1. The van der Waals surface area contributed by atoms with Crippen molar-refractivity contribution in [1.82, 2.24) is 15.4 Å². The lowest BCUT2D eigenvalue weighted by Gasteiger charge is -2.30. The van der Waals surface area contributed by atoms with Crippen molar-refractivity contribution in [2.45, 2.75) is 6.54 Å². The number of aromatic nitrogens is 1. The van der Waals surface area contributed by atoms with Crippen molar-refractivity contribution < 1.29 is 4.74 Å². The molecule has 1 aliphatic rings. The molecule has 0 saturated heterocycles. The second kappa shape index (κ2) is 8.60. The van der Waals surface area contributed by atoms with Crippen molar-refractivity contribution in [3.8, 4) is 5.75 Å². The average molecular weight is 424 g/mol. The highest BCUT2D eigenvalue weighted by atomic mass is 35.5. The maximum atomic E-state index is 6.36. The Kier molecular flexibility index (Phi) is 5.74. The predicted octanol–water partition coefficient (Wildman–Crippen LogP) is 5.80. The molecule has 1 aliphatic heterocycles. The quantitative estimate of drug-likeness (QED) is 0.562. The lowest BCUT2D eigenvalue weighted by Crippen LogP contribution is -2.34. The number of pyridine rings is 1. The van der Waals surface area contributed by atoms with E-state index in [1.165, 1.54) is 0 Å². The molecular formula is C23H19Cl2N3O. The number of methoxy groups -OCH3 is 1. The van der Waals surface area contributed by atoms with Gasteiger partial charge in [-0.3, -0.25) is 15.4 Å². The minimum atomic E-state index is 0.593. The normalized spacial score (nSPS) is 13.4. The number of hydrogen-bond donors (Lipinski definition) is 1. The van der Waals surface area contributed by atoms with E-state index < -0.39 is 0 Å². The van der Waals surface area contributed by atoms with Crippen molar-refractivity contribution in [3.63, 3.8) is 0 Å². The first-order valence-corrected chi connectivity index (χ1v) is 9.84. The molecule has 29 heavy (non-hydrogen) atoms. The van der Waals surface area contributed by atoms with Gasteiger partial charge in [-0.15, -0.1) is 0 Å². The minimum absolute atomic E-state index is 0.593. The van der Waals surface area contributed by atoms with E-state index in [0.717, 1.165) is 33.7 Å². The summed E-state index contributed by atoms with van der Waals surface area (Å²) < 4.78 is 5.30. The van der Waals surface area contributed by atoms with Crippen LogP contribution in [0.25, 0.3) is 11.3 Å². The van der Waals surface area contributed by atoms with E-state index in [4.69, 9.17) is 27.9 Å². The predicted molar refractivity (Wildman–Crippen MR) is 118 cm³/mol. The molecule has 1 N–H and O–H groups in total. The summed E-state index contributed by atoms with van der Waals surface area (Å²) in [6.45, 7) is 0.593. The van der Waals surface area contributed by atoms with Crippen LogP contribution < -0.4 is 10.2 Å². The summed E-state index contributed by atoms with van der Waals surface area (Å²) in [5.74, 6) is 0.816. The zero-order chi connectivity index (χ0) is 20.2. The SMILES string of the molecule is COc1ccc(C2=C(c3ccncc3)C=CN(Cc3ccc(Cl)cc3Cl)N2)cc1. The highest BCUT2D eigenvalue weighted by molar-refractivity contribution is 6.35. The largest absolute Gasteiger partial charge is 0.497 e. The molecule has 6 heteroatoms. The van der Waals surface area contributed by atoms with Crippen LogP contribution in [-0.4, -0.2) is 17.1 Å². The molecule has 0 amide bonds. The van der Waals surface area contributed by atoms with Gasteiger partial charge in [0.1, 0.15) is 5.75 Å². The summed E-state index contributed by atoms with van der Waals surface area (Å²) in [7, 11) is 1.66. The van der Waals surface area contributed by atoms with Gasteiger partial charge in [-0.25, -0.2) is 0 Å². The Morgan fingerprint density at radius 2 is 1.72 bits per heavy atom. The molecule has 2 aromatic carbocycles. The van der Waals surface area contributed by atoms with E-state index in [-0.39, 0.29) is 0 Å². The van der Waals surface area contributed by atoms with Crippen molar-refractivity contribution in [2.24, 2.45) is 0 Å².